The first-order chi connectivity index (χ1) is 6.94. The molecule has 0 aliphatic rings. The highest BCUT2D eigenvalue weighted by Crippen LogP contribution is 2.22. The Morgan fingerprint density at radius 3 is 2.73 bits per heavy atom. The van der Waals surface area contributed by atoms with Gasteiger partial charge in [0.15, 0.2) is 0 Å². The molecule has 0 atom stereocenters. The van der Waals surface area contributed by atoms with Crippen LogP contribution >= 0.6 is 27.3 Å². The third-order valence-electron chi connectivity index (χ3n) is 1.60. The molecule has 7 heteroatoms. The van der Waals surface area contributed by atoms with E-state index in [0.29, 0.717) is 4.88 Å². The smallest absolute Gasteiger partial charge is 0.277 e. The van der Waals surface area contributed by atoms with E-state index in [4.69, 9.17) is 5.73 Å². The fraction of sp³-hybridized carbons (Fsp3) is 0.375. The van der Waals surface area contributed by atoms with Gasteiger partial charge in [-0.2, -0.15) is 0 Å². The molecule has 0 fully saturated rings. The monoisotopic (exact) mass is 298 g/mol. The van der Waals surface area contributed by atoms with Gasteiger partial charge in [0.2, 0.25) is 0 Å². The minimum atomic E-state index is -3.05. The van der Waals surface area contributed by atoms with Crippen LogP contribution in [0.15, 0.2) is 15.9 Å². The van der Waals surface area contributed by atoms with E-state index in [-0.39, 0.29) is 0 Å². The molecule has 0 saturated carbocycles. The number of thiophene rings is 1. The van der Waals surface area contributed by atoms with Crippen molar-refractivity contribution >= 4 is 33.2 Å². The first-order valence-electron chi connectivity index (χ1n) is 4.06. The van der Waals surface area contributed by atoms with Crippen LogP contribution in [0.5, 0.6) is 0 Å². The summed E-state index contributed by atoms with van der Waals surface area (Å²) in [6.45, 7) is -1.51. The van der Waals surface area contributed by atoms with Crippen LogP contribution < -0.4 is 11.1 Å². The van der Waals surface area contributed by atoms with Crippen molar-refractivity contribution < 1.29 is 13.6 Å². The summed E-state index contributed by atoms with van der Waals surface area (Å²) in [4.78, 5) is 11.7. The van der Waals surface area contributed by atoms with Crippen molar-refractivity contribution in [3.63, 3.8) is 0 Å². The molecule has 1 heterocycles. The fourth-order valence-corrected chi connectivity index (χ4v) is 2.11. The molecule has 0 saturated heterocycles. The van der Waals surface area contributed by atoms with E-state index in [9.17, 15) is 13.6 Å². The number of carbonyl (C=O) groups excluding carboxylic acids is 1. The Labute approximate surface area is 97.8 Å². The van der Waals surface area contributed by atoms with Crippen molar-refractivity contribution in [3.05, 3.63) is 20.8 Å². The molecule has 84 valence electrons. The largest absolute Gasteiger partial charge is 0.345 e. The van der Waals surface area contributed by atoms with Gasteiger partial charge in [-0.1, -0.05) is 0 Å². The van der Waals surface area contributed by atoms with Crippen LogP contribution in [-0.4, -0.2) is 24.9 Å². The minimum absolute atomic E-state index is 0.384. The van der Waals surface area contributed by atoms with E-state index in [1.807, 2.05) is 0 Å². The van der Waals surface area contributed by atoms with E-state index in [1.54, 1.807) is 12.1 Å². The highest BCUT2D eigenvalue weighted by molar-refractivity contribution is 9.11. The Hall–Kier alpha value is -0.530. The number of nitrogens with one attached hydrogen (secondary N) is 1. The first-order valence-corrected chi connectivity index (χ1v) is 5.67. The lowest BCUT2D eigenvalue weighted by molar-refractivity contribution is 0.0119. The van der Waals surface area contributed by atoms with Crippen molar-refractivity contribution in [2.75, 3.05) is 13.1 Å². The summed E-state index contributed by atoms with van der Waals surface area (Å²) in [6.07, 6.45) is 0. The maximum Gasteiger partial charge on any atom is 0.277 e. The Kier molecular flexibility index (Phi) is 4.18. The normalized spacial score (nSPS) is 11.5. The van der Waals surface area contributed by atoms with E-state index in [0.717, 1.165) is 3.79 Å². The van der Waals surface area contributed by atoms with Crippen LogP contribution in [0.4, 0.5) is 8.78 Å². The standard InChI is InChI=1S/C8H9BrF2N2OS/c9-6-2-1-5(15-6)7(14)13-4-8(10,11)3-12/h1-2H,3-4,12H2,(H,13,14). The summed E-state index contributed by atoms with van der Waals surface area (Å²) >= 11 is 4.36. The summed E-state index contributed by atoms with van der Waals surface area (Å²) in [6, 6.07) is 3.24. The molecule has 1 aromatic heterocycles. The van der Waals surface area contributed by atoms with Crippen molar-refractivity contribution in [2.45, 2.75) is 5.92 Å². The lowest BCUT2D eigenvalue weighted by Gasteiger charge is -2.13. The van der Waals surface area contributed by atoms with Crippen LogP contribution in [0.3, 0.4) is 0 Å². The van der Waals surface area contributed by atoms with Crippen molar-refractivity contribution in [1.29, 1.82) is 0 Å². The third-order valence-corrected chi connectivity index (χ3v) is 3.23. The number of amides is 1. The summed E-state index contributed by atoms with van der Waals surface area (Å²) < 4.78 is 26.2. The van der Waals surface area contributed by atoms with Gasteiger partial charge in [-0.3, -0.25) is 4.79 Å². The average molecular weight is 299 g/mol. The summed E-state index contributed by atoms with van der Waals surface area (Å²) in [7, 11) is 0. The summed E-state index contributed by atoms with van der Waals surface area (Å²) in [5.74, 6) is -3.57. The Balaban J connectivity index is 2.50. The second-order valence-electron chi connectivity index (χ2n) is 2.85. The predicted molar refractivity (Wildman–Crippen MR) is 58.4 cm³/mol. The van der Waals surface area contributed by atoms with Crippen LogP contribution in [0.1, 0.15) is 9.67 Å². The SMILES string of the molecule is NCC(F)(F)CNC(=O)c1ccc(Br)s1. The Bertz CT molecular complexity index is 356. The van der Waals surface area contributed by atoms with Crippen molar-refractivity contribution in [1.82, 2.24) is 5.32 Å². The zero-order valence-corrected chi connectivity index (χ0v) is 10.00. The Morgan fingerprint density at radius 2 is 2.27 bits per heavy atom. The van der Waals surface area contributed by atoms with Gasteiger partial charge in [0, 0.05) is 0 Å². The topological polar surface area (TPSA) is 55.1 Å². The van der Waals surface area contributed by atoms with Crippen LogP contribution in [0.25, 0.3) is 0 Å². The maximum atomic E-state index is 12.7. The van der Waals surface area contributed by atoms with Crippen LogP contribution in [0.2, 0.25) is 0 Å². The number of hydrogen-bond acceptors (Lipinski definition) is 3. The molecular formula is C8H9BrF2N2OS. The Morgan fingerprint density at radius 1 is 1.60 bits per heavy atom. The van der Waals surface area contributed by atoms with Gasteiger partial charge < -0.3 is 11.1 Å². The van der Waals surface area contributed by atoms with Gasteiger partial charge in [-0.25, -0.2) is 8.78 Å². The molecular weight excluding hydrogens is 290 g/mol. The third kappa shape index (κ3) is 3.84. The molecule has 1 amide bonds. The lowest BCUT2D eigenvalue weighted by Crippen LogP contribution is -2.41. The number of nitrogens with two attached hydrogens (primary N) is 1. The van der Waals surface area contributed by atoms with Gasteiger partial charge in [-0.05, 0) is 28.1 Å². The highest BCUT2D eigenvalue weighted by atomic mass is 79.9. The number of rotatable bonds is 4. The first kappa shape index (κ1) is 12.5. The van der Waals surface area contributed by atoms with E-state index < -0.39 is 24.9 Å². The van der Waals surface area contributed by atoms with Crippen molar-refractivity contribution in [2.24, 2.45) is 5.73 Å². The maximum absolute atomic E-state index is 12.7. The molecule has 0 aromatic carbocycles. The molecule has 0 aliphatic heterocycles. The number of carbonyl (C=O) groups is 1. The van der Waals surface area contributed by atoms with Gasteiger partial charge in [0.05, 0.1) is 21.8 Å². The van der Waals surface area contributed by atoms with E-state index in [2.05, 4.69) is 21.2 Å². The second kappa shape index (κ2) is 5.00. The number of alkyl halides is 2. The average Bonchev–Trinajstić information content (AvgIpc) is 2.61. The van der Waals surface area contributed by atoms with Gasteiger partial charge in [0.25, 0.3) is 11.8 Å². The zero-order chi connectivity index (χ0) is 11.5. The minimum Gasteiger partial charge on any atom is -0.345 e. The van der Waals surface area contributed by atoms with E-state index in [1.165, 1.54) is 11.3 Å². The molecule has 3 N–H and O–H groups in total. The molecule has 1 aromatic rings. The fourth-order valence-electron chi connectivity index (χ4n) is 0.805. The highest BCUT2D eigenvalue weighted by Gasteiger charge is 2.27. The second-order valence-corrected chi connectivity index (χ2v) is 5.31. The molecule has 0 aliphatic carbocycles. The van der Waals surface area contributed by atoms with Gasteiger partial charge >= 0.3 is 0 Å². The number of hydrogen-bond donors (Lipinski definition) is 2. The molecule has 0 unspecified atom stereocenters. The molecule has 0 radical (unpaired) electrons. The molecule has 0 spiro atoms. The molecule has 3 nitrogen and oxygen atoms in total. The van der Waals surface area contributed by atoms with Crippen LogP contribution in [-0.2, 0) is 0 Å². The van der Waals surface area contributed by atoms with E-state index >= 15 is 0 Å². The predicted octanol–water partition coefficient (Wildman–Crippen LogP) is 1.83. The lowest BCUT2D eigenvalue weighted by atomic mass is 10.3. The molecule has 0 bridgehead atoms. The van der Waals surface area contributed by atoms with Crippen molar-refractivity contribution in [3.8, 4) is 0 Å². The molecule has 1 rings (SSSR count). The molecule has 15 heavy (non-hydrogen) atoms. The van der Waals surface area contributed by atoms with Crippen LogP contribution in [0, 0.1) is 0 Å². The van der Waals surface area contributed by atoms with Gasteiger partial charge in [-0.15, -0.1) is 11.3 Å². The summed E-state index contributed by atoms with van der Waals surface area (Å²) in [5.41, 5.74) is 4.83. The zero-order valence-electron chi connectivity index (χ0n) is 7.60. The quantitative estimate of drug-likeness (QED) is 0.891. The van der Waals surface area contributed by atoms with Gasteiger partial charge in [0.1, 0.15) is 0 Å². The summed E-state index contributed by atoms with van der Waals surface area (Å²) in [5, 5.41) is 2.12. The number of halogens is 3.